The molecule has 1 fully saturated rings. The Bertz CT molecular complexity index is 641. The second-order valence-electron chi connectivity index (χ2n) is 4.17. The standard InChI is InChI=1S/C9H12N4O5S2/c1-5(14)10-8-11-12-9(19-8)20(17,18)13-4-2-3-6(13)7(15)16/h6H,2-4H2,1H3,(H,15,16)(H,10,11,14)/t6-/m1/s1. The minimum atomic E-state index is -4.00. The van der Waals surface area contributed by atoms with Crippen molar-refractivity contribution in [2.75, 3.05) is 11.9 Å². The number of amides is 1. The number of aliphatic carboxylic acids is 1. The lowest BCUT2D eigenvalue weighted by Crippen LogP contribution is -2.40. The molecule has 20 heavy (non-hydrogen) atoms. The smallest absolute Gasteiger partial charge is 0.322 e. The monoisotopic (exact) mass is 320 g/mol. The highest BCUT2D eigenvalue weighted by Crippen LogP contribution is 2.29. The van der Waals surface area contributed by atoms with Gasteiger partial charge in [0.15, 0.2) is 0 Å². The van der Waals surface area contributed by atoms with Gasteiger partial charge in [-0.15, -0.1) is 10.2 Å². The summed E-state index contributed by atoms with van der Waals surface area (Å²) in [5.74, 6) is -1.58. The fourth-order valence-corrected chi connectivity index (χ4v) is 4.60. The lowest BCUT2D eigenvalue weighted by molar-refractivity contribution is -0.140. The first-order valence-electron chi connectivity index (χ1n) is 5.68. The number of hydrogen-bond acceptors (Lipinski definition) is 7. The van der Waals surface area contributed by atoms with Crippen molar-refractivity contribution in [2.24, 2.45) is 0 Å². The molecule has 9 nitrogen and oxygen atoms in total. The minimum absolute atomic E-state index is 0.0575. The molecule has 1 aliphatic heterocycles. The van der Waals surface area contributed by atoms with Crippen LogP contribution in [-0.2, 0) is 19.6 Å². The van der Waals surface area contributed by atoms with E-state index in [4.69, 9.17) is 5.11 Å². The maximum absolute atomic E-state index is 12.3. The summed E-state index contributed by atoms with van der Waals surface area (Å²) in [4.78, 5) is 21.9. The Kier molecular flexibility index (Phi) is 4.01. The Morgan fingerprint density at radius 3 is 2.75 bits per heavy atom. The van der Waals surface area contributed by atoms with Crippen molar-refractivity contribution < 1.29 is 23.1 Å². The third kappa shape index (κ3) is 2.78. The number of anilines is 1. The van der Waals surface area contributed by atoms with Crippen LogP contribution in [0.4, 0.5) is 5.13 Å². The van der Waals surface area contributed by atoms with E-state index in [0.29, 0.717) is 17.8 Å². The van der Waals surface area contributed by atoms with Crippen LogP contribution in [-0.4, -0.2) is 52.5 Å². The van der Waals surface area contributed by atoms with Crippen LogP contribution in [0.5, 0.6) is 0 Å². The summed E-state index contributed by atoms with van der Waals surface area (Å²) >= 11 is 0.692. The number of carbonyl (C=O) groups is 2. The molecule has 1 atom stereocenters. The zero-order valence-electron chi connectivity index (χ0n) is 10.4. The highest BCUT2D eigenvalue weighted by atomic mass is 32.2. The van der Waals surface area contributed by atoms with Crippen LogP contribution in [0.15, 0.2) is 4.34 Å². The van der Waals surface area contributed by atoms with E-state index in [-0.39, 0.29) is 22.4 Å². The van der Waals surface area contributed by atoms with Crippen LogP contribution in [0.2, 0.25) is 0 Å². The molecule has 2 N–H and O–H groups in total. The van der Waals surface area contributed by atoms with Gasteiger partial charge in [-0.3, -0.25) is 9.59 Å². The first-order chi connectivity index (χ1) is 9.32. The van der Waals surface area contributed by atoms with Gasteiger partial charge in [-0.2, -0.15) is 4.31 Å². The largest absolute Gasteiger partial charge is 0.480 e. The van der Waals surface area contributed by atoms with Crippen LogP contribution in [0.3, 0.4) is 0 Å². The number of nitrogens with one attached hydrogen (secondary N) is 1. The Labute approximate surface area is 118 Å². The summed E-state index contributed by atoms with van der Waals surface area (Å²) in [5, 5.41) is 18.5. The van der Waals surface area contributed by atoms with Crippen molar-refractivity contribution in [1.29, 1.82) is 0 Å². The minimum Gasteiger partial charge on any atom is -0.480 e. The molecule has 2 rings (SSSR count). The van der Waals surface area contributed by atoms with Crippen molar-refractivity contribution in [3.8, 4) is 0 Å². The van der Waals surface area contributed by atoms with Gasteiger partial charge in [-0.25, -0.2) is 8.42 Å². The fourth-order valence-electron chi connectivity index (χ4n) is 1.89. The zero-order valence-corrected chi connectivity index (χ0v) is 12.1. The average Bonchev–Trinajstić information content (AvgIpc) is 2.95. The first kappa shape index (κ1) is 14.8. The highest BCUT2D eigenvalue weighted by molar-refractivity contribution is 7.91. The third-order valence-electron chi connectivity index (χ3n) is 2.71. The molecule has 11 heteroatoms. The molecule has 110 valence electrons. The molecule has 1 aliphatic rings. The van der Waals surface area contributed by atoms with E-state index in [9.17, 15) is 18.0 Å². The SMILES string of the molecule is CC(=O)Nc1nnc(S(=O)(=O)N2CCC[C@@H]2C(=O)O)s1. The number of sulfonamides is 1. The molecular weight excluding hydrogens is 308 g/mol. The van der Waals surface area contributed by atoms with Gasteiger partial charge in [0, 0.05) is 13.5 Å². The number of carbonyl (C=O) groups excluding carboxylic acids is 1. The van der Waals surface area contributed by atoms with Crippen molar-refractivity contribution in [3.63, 3.8) is 0 Å². The topological polar surface area (TPSA) is 130 Å². The molecule has 0 bridgehead atoms. The summed E-state index contributed by atoms with van der Waals surface area (Å²) < 4.78 is 25.2. The van der Waals surface area contributed by atoms with Crippen molar-refractivity contribution >= 4 is 38.4 Å². The normalized spacial score (nSPS) is 19.9. The van der Waals surface area contributed by atoms with Crippen LogP contribution in [0, 0.1) is 0 Å². The highest BCUT2D eigenvalue weighted by Gasteiger charge is 2.41. The molecular formula is C9H12N4O5S2. The fraction of sp³-hybridized carbons (Fsp3) is 0.556. The maximum atomic E-state index is 12.3. The number of carboxylic acid groups (broad SMARTS) is 1. The zero-order chi connectivity index (χ0) is 14.9. The molecule has 0 aromatic carbocycles. The average molecular weight is 320 g/mol. The lowest BCUT2D eigenvalue weighted by Gasteiger charge is -2.18. The van der Waals surface area contributed by atoms with Gasteiger partial charge < -0.3 is 10.4 Å². The van der Waals surface area contributed by atoms with Crippen molar-refractivity contribution in [2.45, 2.75) is 30.1 Å². The lowest BCUT2D eigenvalue weighted by atomic mass is 10.2. The molecule has 0 unspecified atom stereocenters. The Hall–Kier alpha value is -1.59. The quantitative estimate of drug-likeness (QED) is 0.731. The number of nitrogens with zero attached hydrogens (tertiary/aromatic N) is 3. The van der Waals surface area contributed by atoms with Gasteiger partial charge in [0.2, 0.25) is 15.4 Å². The van der Waals surface area contributed by atoms with Gasteiger partial charge in [0.1, 0.15) is 6.04 Å². The summed E-state index contributed by atoms with van der Waals surface area (Å²) in [5.41, 5.74) is 0. The van der Waals surface area contributed by atoms with E-state index < -0.39 is 27.9 Å². The Balaban J connectivity index is 2.28. The predicted octanol–water partition coefficient (Wildman–Crippen LogP) is -0.266. The van der Waals surface area contributed by atoms with E-state index in [1.54, 1.807) is 0 Å². The molecule has 0 radical (unpaired) electrons. The number of hydrogen-bond donors (Lipinski definition) is 2. The summed E-state index contributed by atoms with van der Waals surface area (Å²) in [6.45, 7) is 1.39. The van der Waals surface area contributed by atoms with Crippen molar-refractivity contribution in [1.82, 2.24) is 14.5 Å². The number of aromatic nitrogens is 2. The van der Waals surface area contributed by atoms with Crippen LogP contribution in [0.25, 0.3) is 0 Å². The summed E-state index contributed by atoms with van der Waals surface area (Å²) in [7, 11) is -4.00. The Morgan fingerprint density at radius 2 is 2.15 bits per heavy atom. The molecule has 0 spiro atoms. The number of carboxylic acids is 1. The van der Waals surface area contributed by atoms with E-state index >= 15 is 0 Å². The maximum Gasteiger partial charge on any atom is 0.322 e. The van der Waals surface area contributed by atoms with Crippen LogP contribution >= 0.6 is 11.3 Å². The van der Waals surface area contributed by atoms with Crippen LogP contribution in [0.1, 0.15) is 19.8 Å². The second kappa shape index (κ2) is 5.42. The van der Waals surface area contributed by atoms with Crippen molar-refractivity contribution in [3.05, 3.63) is 0 Å². The summed E-state index contributed by atoms with van der Waals surface area (Å²) in [6.07, 6.45) is 0.749. The molecule has 0 aliphatic carbocycles. The van der Waals surface area contributed by atoms with E-state index in [2.05, 4.69) is 15.5 Å². The predicted molar refractivity (Wildman–Crippen MR) is 68.8 cm³/mol. The van der Waals surface area contributed by atoms with E-state index in [1.165, 1.54) is 6.92 Å². The van der Waals surface area contributed by atoms with Gasteiger partial charge in [-0.05, 0) is 12.8 Å². The Morgan fingerprint density at radius 1 is 1.45 bits per heavy atom. The summed E-state index contributed by atoms with van der Waals surface area (Å²) in [6, 6.07) is -1.08. The van der Waals surface area contributed by atoms with E-state index in [0.717, 1.165) is 4.31 Å². The van der Waals surface area contributed by atoms with Gasteiger partial charge >= 0.3 is 5.97 Å². The van der Waals surface area contributed by atoms with Crippen LogP contribution < -0.4 is 5.32 Å². The van der Waals surface area contributed by atoms with Gasteiger partial charge in [0.05, 0.1) is 0 Å². The van der Waals surface area contributed by atoms with Gasteiger partial charge in [0.25, 0.3) is 10.0 Å². The molecule has 1 amide bonds. The van der Waals surface area contributed by atoms with E-state index in [1.807, 2.05) is 0 Å². The van der Waals surface area contributed by atoms with Gasteiger partial charge in [-0.1, -0.05) is 11.3 Å². The second-order valence-corrected chi connectivity index (χ2v) is 7.21. The molecule has 1 saturated heterocycles. The molecule has 2 heterocycles. The molecule has 1 aromatic rings. The number of rotatable bonds is 4. The third-order valence-corrected chi connectivity index (χ3v) is 5.80. The molecule has 1 aromatic heterocycles. The molecule has 0 saturated carbocycles. The first-order valence-corrected chi connectivity index (χ1v) is 7.94.